The lowest BCUT2D eigenvalue weighted by Gasteiger charge is -2.25. The van der Waals surface area contributed by atoms with Gasteiger partial charge in [0, 0.05) is 5.56 Å². The molecule has 1 N–H and O–H groups in total. The summed E-state index contributed by atoms with van der Waals surface area (Å²) in [6.45, 7) is 0. The Bertz CT molecular complexity index is 472. The molecule has 1 fully saturated rings. The fourth-order valence-electron chi connectivity index (χ4n) is 2.41. The molecule has 1 atom stereocenters. The van der Waals surface area contributed by atoms with Crippen LogP contribution in [0.15, 0.2) is 18.2 Å². The monoisotopic (exact) mass is 255 g/mol. The summed E-state index contributed by atoms with van der Waals surface area (Å²) in [4.78, 5) is 11.8. The Kier molecular flexibility index (Phi) is 3.34. The van der Waals surface area contributed by atoms with Crippen molar-refractivity contribution in [3.8, 4) is 0 Å². The maximum absolute atomic E-state index is 13.8. The molecule has 1 aromatic carbocycles. The summed E-state index contributed by atoms with van der Waals surface area (Å²) < 4.78 is 31.8. The second kappa shape index (κ2) is 4.65. The molecule has 1 aliphatic rings. The van der Waals surface area contributed by atoms with Gasteiger partial charge in [0.15, 0.2) is 0 Å². The highest BCUT2D eigenvalue weighted by atomic mass is 19.1. The molecule has 0 amide bonds. The van der Waals surface area contributed by atoms with E-state index in [1.807, 2.05) is 0 Å². The average molecular weight is 255 g/mol. The molecular weight excluding hydrogens is 240 g/mol. The van der Waals surface area contributed by atoms with Crippen LogP contribution in [0, 0.1) is 17.0 Å². The normalized spacial score (nSPS) is 18.2. The molecule has 1 unspecified atom stereocenters. The van der Waals surface area contributed by atoms with E-state index in [9.17, 15) is 13.6 Å². The lowest BCUT2D eigenvalue weighted by atomic mass is 9.89. The Morgan fingerprint density at radius 3 is 2.61 bits per heavy atom. The van der Waals surface area contributed by atoms with Crippen LogP contribution in [0.3, 0.4) is 0 Å². The maximum Gasteiger partial charge on any atom is 0.313 e. The molecule has 1 aromatic rings. The molecule has 0 saturated heterocycles. The molecule has 1 saturated carbocycles. The molecule has 5 heteroatoms. The third-order valence-corrected chi connectivity index (χ3v) is 3.49. The first kappa shape index (κ1) is 13.0. The molecule has 0 radical (unpaired) electrons. The van der Waals surface area contributed by atoms with Crippen LogP contribution in [0.4, 0.5) is 8.78 Å². The summed E-state index contributed by atoms with van der Waals surface area (Å²) in [5.74, 6) is -1.43. The van der Waals surface area contributed by atoms with E-state index in [4.69, 9.17) is 4.74 Å². The van der Waals surface area contributed by atoms with E-state index >= 15 is 0 Å². The minimum absolute atomic E-state index is 0.167. The summed E-state index contributed by atoms with van der Waals surface area (Å²) in [6.07, 6.45) is 1.22. The van der Waals surface area contributed by atoms with Crippen LogP contribution in [0.5, 0.6) is 0 Å². The first-order chi connectivity index (χ1) is 8.55. The summed E-state index contributed by atoms with van der Waals surface area (Å²) >= 11 is 0. The van der Waals surface area contributed by atoms with Crippen molar-refractivity contribution in [2.75, 3.05) is 14.2 Å². The van der Waals surface area contributed by atoms with Crippen LogP contribution < -0.4 is 5.32 Å². The zero-order valence-electron chi connectivity index (χ0n) is 10.3. The molecule has 2 rings (SSSR count). The van der Waals surface area contributed by atoms with Crippen molar-refractivity contribution in [1.82, 2.24) is 5.32 Å². The van der Waals surface area contributed by atoms with Crippen LogP contribution in [0.2, 0.25) is 0 Å². The minimum Gasteiger partial charge on any atom is -0.469 e. The van der Waals surface area contributed by atoms with Crippen LogP contribution in [-0.2, 0) is 9.53 Å². The van der Waals surface area contributed by atoms with Crippen molar-refractivity contribution in [3.05, 3.63) is 35.4 Å². The van der Waals surface area contributed by atoms with Gasteiger partial charge in [0.2, 0.25) is 0 Å². The van der Waals surface area contributed by atoms with E-state index in [1.165, 1.54) is 7.11 Å². The van der Waals surface area contributed by atoms with Crippen LogP contribution in [0.1, 0.15) is 24.4 Å². The zero-order chi connectivity index (χ0) is 13.3. The third kappa shape index (κ3) is 1.99. The molecule has 0 aliphatic heterocycles. The van der Waals surface area contributed by atoms with Gasteiger partial charge in [-0.1, -0.05) is 0 Å². The van der Waals surface area contributed by atoms with Crippen molar-refractivity contribution in [2.24, 2.45) is 5.41 Å². The molecule has 18 heavy (non-hydrogen) atoms. The smallest absolute Gasteiger partial charge is 0.313 e. The second-order valence-corrected chi connectivity index (χ2v) is 4.54. The van der Waals surface area contributed by atoms with Gasteiger partial charge in [-0.15, -0.1) is 0 Å². The van der Waals surface area contributed by atoms with Gasteiger partial charge < -0.3 is 10.1 Å². The summed E-state index contributed by atoms with van der Waals surface area (Å²) in [5.41, 5.74) is -0.599. The van der Waals surface area contributed by atoms with E-state index in [2.05, 4.69) is 5.32 Å². The Balaban J connectivity index is 2.40. The molecule has 0 spiro atoms. The Morgan fingerprint density at radius 1 is 1.44 bits per heavy atom. The van der Waals surface area contributed by atoms with Crippen LogP contribution >= 0.6 is 0 Å². The number of ether oxygens (including phenoxy) is 1. The SMILES string of the molecule is CNC(c1cc(F)ccc1F)C1(C(=O)OC)CC1. The number of carbonyl (C=O) groups excluding carboxylic acids is 1. The van der Waals surface area contributed by atoms with Crippen molar-refractivity contribution < 1.29 is 18.3 Å². The van der Waals surface area contributed by atoms with E-state index in [-0.39, 0.29) is 11.5 Å². The largest absolute Gasteiger partial charge is 0.469 e. The van der Waals surface area contributed by atoms with Gasteiger partial charge in [0.05, 0.1) is 18.6 Å². The summed E-state index contributed by atoms with van der Waals surface area (Å²) in [7, 11) is 2.93. The van der Waals surface area contributed by atoms with Crippen molar-refractivity contribution in [1.29, 1.82) is 0 Å². The number of methoxy groups -OCH3 is 1. The van der Waals surface area contributed by atoms with Crippen LogP contribution in [-0.4, -0.2) is 20.1 Å². The molecule has 98 valence electrons. The number of esters is 1. The Morgan fingerprint density at radius 2 is 2.11 bits per heavy atom. The number of rotatable bonds is 4. The number of halogens is 2. The van der Waals surface area contributed by atoms with Crippen molar-refractivity contribution in [3.63, 3.8) is 0 Å². The van der Waals surface area contributed by atoms with Gasteiger partial charge >= 0.3 is 5.97 Å². The van der Waals surface area contributed by atoms with E-state index in [0.29, 0.717) is 12.8 Å². The molecule has 0 heterocycles. The number of nitrogens with one attached hydrogen (secondary N) is 1. The second-order valence-electron chi connectivity index (χ2n) is 4.54. The highest BCUT2D eigenvalue weighted by molar-refractivity contribution is 5.81. The van der Waals surface area contributed by atoms with Gasteiger partial charge in [-0.3, -0.25) is 4.79 Å². The standard InChI is InChI=1S/C13H15F2NO2/c1-16-11(13(5-6-13)12(17)18-2)9-7-8(14)3-4-10(9)15/h3-4,7,11,16H,5-6H2,1-2H3. The van der Waals surface area contributed by atoms with E-state index in [0.717, 1.165) is 18.2 Å². The highest BCUT2D eigenvalue weighted by Crippen LogP contribution is 2.56. The maximum atomic E-state index is 13.8. The van der Waals surface area contributed by atoms with Crippen molar-refractivity contribution >= 4 is 5.97 Å². The minimum atomic E-state index is -0.766. The first-order valence-corrected chi connectivity index (χ1v) is 5.76. The Labute approximate surface area is 104 Å². The first-order valence-electron chi connectivity index (χ1n) is 5.76. The molecular formula is C13H15F2NO2. The number of hydrogen-bond donors (Lipinski definition) is 1. The number of benzene rings is 1. The van der Waals surface area contributed by atoms with Gasteiger partial charge in [0.25, 0.3) is 0 Å². The Hall–Kier alpha value is -1.49. The number of carbonyl (C=O) groups is 1. The van der Waals surface area contributed by atoms with Gasteiger partial charge in [-0.25, -0.2) is 8.78 Å². The quantitative estimate of drug-likeness (QED) is 0.838. The van der Waals surface area contributed by atoms with E-state index in [1.54, 1.807) is 7.05 Å². The highest BCUT2D eigenvalue weighted by Gasteiger charge is 2.57. The lowest BCUT2D eigenvalue weighted by molar-refractivity contribution is -0.148. The topological polar surface area (TPSA) is 38.3 Å². The third-order valence-electron chi connectivity index (χ3n) is 3.49. The lowest BCUT2D eigenvalue weighted by Crippen LogP contribution is -2.34. The van der Waals surface area contributed by atoms with Gasteiger partial charge in [-0.2, -0.15) is 0 Å². The number of hydrogen-bond acceptors (Lipinski definition) is 3. The van der Waals surface area contributed by atoms with Crippen molar-refractivity contribution in [2.45, 2.75) is 18.9 Å². The fourth-order valence-corrected chi connectivity index (χ4v) is 2.41. The average Bonchev–Trinajstić information content (AvgIpc) is 3.15. The van der Waals surface area contributed by atoms with Gasteiger partial charge in [-0.05, 0) is 38.1 Å². The molecule has 3 nitrogen and oxygen atoms in total. The summed E-state index contributed by atoms with van der Waals surface area (Å²) in [5, 5.41) is 2.90. The van der Waals surface area contributed by atoms with Gasteiger partial charge in [0.1, 0.15) is 11.6 Å². The molecule has 0 bridgehead atoms. The van der Waals surface area contributed by atoms with Crippen LogP contribution in [0.25, 0.3) is 0 Å². The fraction of sp³-hybridized carbons (Fsp3) is 0.462. The molecule has 0 aromatic heterocycles. The zero-order valence-corrected chi connectivity index (χ0v) is 10.3. The predicted octanol–water partition coefficient (Wildman–Crippen LogP) is 2.18. The predicted molar refractivity (Wildman–Crippen MR) is 61.8 cm³/mol. The molecule has 1 aliphatic carbocycles. The van der Waals surface area contributed by atoms with E-state index < -0.39 is 23.1 Å². The summed E-state index contributed by atoms with van der Waals surface area (Å²) in [6, 6.07) is 2.69.